The fraction of sp³-hybridized carbons (Fsp3) is 0.600. The maximum Gasteiger partial charge on any atom is 0.218 e. The van der Waals surface area contributed by atoms with Gasteiger partial charge in [-0.15, -0.1) is 0 Å². The Labute approximate surface area is 127 Å². The van der Waals surface area contributed by atoms with Crippen molar-refractivity contribution in [3.63, 3.8) is 0 Å². The molecule has 1 saturated heterocycles. The van der Waals surface area contributed by atoms with E-state index in [1.165, 1.54) is 4.31 Å². The summed E-state index contributed by atoms with van der Waals surface area (Å²) in [6.07, 6.45) is 2.04. The van der Waals surface area contributed by atoms with E-state index in [1.54, 1.807) is 7.05 Å². The lowest BCUT2D eigenvalue weighted by atomic mass is 10.0. The van der Waals surface area contributed by atoms with Crippen LogP contribution in [0.3, 0.4) is 0 Å². The largest absolute Gasteiger partial charge is 0.381 e. The summed E-state index contributed by atoms with van der Waals surface area (Å²) in [5.41, 5.74) is 7.32. The highest BCUT2D eigenvalue weighted by molar-refractivity contribution is 7.88. The third kappa shape index (κ3) is 4.78. The first-order chi connectivity index (χ1) is 10.0. The molecule has 1 aromatic carbocycles. The average Bonchev–Trinajstić information content (AvgIpc) is 2.48. The van der Waals surface area contributed by atoms with E-state index >= 15 is 0 Å². The Balaban J connectivity index is 1.99. The number of rotatable bonds is 6. The molecule has 1 aromatic rings. The Morgan fingerprint density at radius 1 is 1.38 bits per heavy atom. The van der Waals surface area contributed by atoms with Crippen LogP contribution in [-0.2, 0) is 27.1 Å². The van der Waals surface area contributed by atoms with Gasteiger partial charge in [-0.25, -0.2) is 12.7 Å². The van der Waals surface area contributed by atoms with E-state index in [-0.39, 0.29) is 5.75 Å². The predicted octanol–water partition coefficient (Wildman–Crippen LogP) is 1.33. The second-order valence-electron chi connectivity index (χ2n) is 5.64. The van der Waals surface area contributed by atoms with Gasteiger partial charge in [-0.05, 0) is 29.9 Å². The van der Waals surface area contributed by atoms with Crippen molar-refractivity contribution >= 4 is 10.0 Å². The molecule has 0 aliphatic carbocycles. The molecule has 0 aromatic heterocycles. The van der Waals surface area contributed by atoms with Crippen LogP contribution in [0.4, 0.5) is 0 Å². The summed E-state index contributed by atoms with van der Waals surface area (Å²) in [6, 6.07) is 7.44. The quantitative estimate of drug-likeness (QED) is 0.860. The lowest BCUT2D eigenvalue weighted by Crippen LogP contribution is -2.35. The van der Waals surface area contributed by atoms with Gasteiger partial charge in [0, 0.05) is 26.7 Å². The Bertz CT molecular complexity index is 554. The fourth-order valence-electron chi connectivity index (χ4n) is 2.60. The summed E-state index contributed by atoms with van der Waals surface area (Å²) in [5.74, 6) is 0.319. The van der Waals surface area contributed by atoms with Gasteiger partial charge in [-0.3, -0.25) is 0 Å². The lowest BCUT2D eigenvalue weighted by molar-refractivity contribution is 0.0495. The number of nitrogens with two attached hydrogens (primary N) is 1. The Kier molecular flexibility index (Phi) is 5.75. The minimum atomic E-state index is -3.30. The molecular weight excluding hydrogens is 288 g/mol. The van der Waals surface area contributed by atoms with E-state index in [4.69, 9.17) is 10.5 Å². The molecule has 118 valence electrons. The van der Waals surface area contributed by atoms with Gasteiger partial charge in [0.1, 0.15) is 0 Å². The van der Waals surface area contributed by atoms with Crippen molar-refractivity contribution in [3.05, 3.63) is 35.4 Å². The molecular formula is C15H24N2O3S. The molecule has 6 heteroatoms. The van der Waals surface area contributed by atoms with E-state index < -0.39 is 10.0 Å². The fourth-order valence-corrected chi connectivity index (χ4v) is 3.85. The first kappa shape index (κ1) is 16.4. The van der Waals surface area contributed by atoms with E-state index in [0.29, 0.717) is 25.6 Å². The van der Waals surface area contributed by atoms with Crippen molar-refractivity contribution < 1.29 is 13.2 Å². The second kappa shape index (κ2) is 7.35. The third-order valence-corrected chi connectivity index (χ3v) is 5.62. The average molecular weight is 312 g/mol. The molecule has 2 rings (SSSR count). The molecule has 21 heavy (non-hydrogen) atoms. The van der Waals surface area contributed by atoms with Crippen LogP contribution < -0.4 is 5.73 Å². The smallest absolute Gasteiger partial charge is 0.218 e. The summed E-state index contributed by atoms with van der Waals surface area (Å²) < 4.78 is 31.7. The molecule has 1 aliphatic rings. The highest BCUT2D eigenvalue weighted by Gasteiger charge is 2.23. The highest BCUT2D eigenvalue weighted by Crippen LogP contribution is 2.18. The summed E-state index contributed by atoms with van der Waals surface area (Å²) in [5, 5.41) is 0. The minimum Gasteiger partial charge on any atom is -0.381 e. The number of hydrogen-bond acceptors (Lipinski definition) is 4. The zero-order chi connectivity index (χ0) is 15.3. The topological polar surface area (TPSA) is 72.6 Å². The van der Waals surface area contributed by atoms with E-state index in [1.807, 2.05) is 24.3 Å². The van der Waals surface area contributed by atoms with Gasteiger partial charge in [0.05, 0.1) is 12.4 Å². The molecule has 0 spiro atoms. The molecule has 1 aliphatic heterocycles. The standard InChI is InChI=1S/C15H24N2O3S/c1-17(10-15-6-3-7-20-11-15)21(18,19)12-14-5-2-4-13(8-14)9-16/h2,4-5,8,15H,3,6-7,9-12,16H2,1H3. The molecule has 1 heterocycles. The van der Waals surface area contributed by atoms with Crippen LogP contribution in [0.25, 0.3) is 0 Å². The first-order valence-corrected chi connectivity index (χ1v) is 8.92. The van der Waals surface area contributed by atoms with Gasteiger partial charge in [0.15, 0.2) is 0 Å². The molecule has 0 amide bonds. The van der Waals surface area contributed by atoms with E-state index in [0.717, 1.165) is 30.6 Å². The van der Waals surface area contributed by atoms with E-state index in [2.05, 4.69) is 0 Å². The molecule has 1 fully saturated rings. The van der Waals surface area contributed by atoms with Gasteiger partial charge in [-0.1, -0.05) is 24.3 Å². The molecule has 1 atom stereocenters. The summed E-state index contributed by atoms with van der Waals surface area (Å²) in [6.45, 7) is 2.39. The Morgan fingerprint density at radius 2 is 2.14 bits per heavy atom. The predicted molar refractivity (Wildman–Crippen MR) is 83.1 cm³/mol. The zero-order valence-corrected chi connectivity index (χ0v) is 13.3. The number of benzene rings is 1. The molecule has 1 unspecified atom stereocenters. The van der Waals surface area contributed by atoms with Crippen molar-refractivity contribution in [1.82, 2.24) is 4.31 Å². The molecule has 0 bridgehead atoms. The molecule has 0 saturated carbocycles. The highest BCUT2D eigenvalue weighted by atomic mass is 32.2. The van der Waals surface area contributed by atoms with E-state index in [9.17, 15) is 8.42 Å². The van der Waals surface area contributed by atoms with Crippen molar-refractivity contribution in [3.8, 4) is 0 Å². The van der Waals surface area contributed by atoms with Crippen LogP contribution in [0.2, 0.25) is 0 Å². The third-order valence-electron chi connectivity index (χ3n) is 3.82. The van der Waals surface area contributed by atoms with Crippen LogP contribution >= 0.6 is 0 Å². The number of ether oxygens (including phenoxy) is 1. The summed E-state index contributed by atoms with van der Waals surface area (Å²) >= 11 is 0. The normalized spacial score (nSPS) is 19.9. The monoisotopic (exact) mass is 312 g/mol. The van der Waals surface area contributed by atoms with Crippen molar-refractivity contribution in [2.45, 2.75) is 25.1 Å². The lowest BCUT2D eigenvalue weighted by Gasteiger charge is -2.26. The molecule has 0 radical (unpaired) electrons. The zero-order valence-electron chi connectivity index (χ0n) is 12.5. The van der Waals surface area contributed by atoms with Crippen LogP contribution in [0.5, 0.6) is 0 Å². The number of nitrogens with zero attached hydrogens (tertiary/aromatic N) is 1. The van der Waals surface area contributed by atoms with Crippen LogP contribution in [0.15, 0.2) is 24.3 Å². The van der Waals surface area contributed by atoms with Crippen LogP contribution in [-0.4, -0.2) is 39.5 Å². The van der Waals surface area contributed by atoms with Gasteiger partial charge >= 0.3 is 0 Å². The maximum atomic E-state index is 12.4. The summed E-state index contributed by atoms with van der Waals surface area (Å²) in [7, 11) is -1.65. The number of sulfonamides is 1. The van der Waals surface area contributed by atoms with Gasteiger partial charge in [-0.2, -0.15) is 0 Å². The molecule has 2 N–H and O–H groups in total. The van der Waals surface area contributed by atoms with Gasteiger partial charge in [0.25, 0.3) is 0 Å². The second-order valence-corrected chi connectivity index (χ2v) is 7.72. The van der Waals surface area contributed by atoms with Crippen molar-refractivity contribution in [2.24, 2.45) is 11.7 Å². The van der Waals surface area contributed by atoms with Crippen molar-refractivity contribution in [2.75, 3.05) is 26.8 Å². The van der Waals surface area contributed by atoms with Gasteiger partial charge in [0.2, 0.25) is 10.0 Å². The summed E-state index contributed by atoms with van der Waals surface area (Å²) in [4.78, 5) is 0. The Morgan fingerprint density at radius 3 is 2.81 bits per heavy atom. The van der Waals surface area contributed by atoms with Crippen LogP contribution in [0, 0.1) is 5.92 Å². The number of hydrogen-bond donors (Lipinski definition) is 1. The van der Waals surface area contributed by atoms with Crippen LogP contribution in [0.1, 0.15) is 24.0 Å². The molecule has 5 nitrogen and oxygen atoms in total. The SMILES string of the molecule is CN(CC1CCCOC1)S(=O)(=O)Cc1cccc(CN)c1. The first-order valence-electron chi connectivity index (χ1n) is 7.31. The van der Waals surface area contributed by atoms with Gasteiger partial charge < -0.3 is 10.5 Å². The maximum absolute atomic E-state index is 12.4. The minimum absolute atomic E-state index is 0.0188. The Hall–Kier alpha value is -0.950. The van der Waals surface area contributed by atoms with Crippen molar-refractivity contribution in [1.29, 1.82) is 0 Å².